The van der Waals surface area contributed by atoms with Gasteiger partial charge >= 0.3 is 29.6 Å². The molecule has 0 aliphatic carbocycles. The molecule has 2 rings (SSSR count). The summed E-state index contributed by atoms with van der Waals surface area (Å²) < 4.78 is 0. The third kappa shape index (κ3) is 2.06. The van der Waals surface area contributed by atoms with Crippen LogP contribution >= 0.6 is 0 Å². The predicted octanol–water partition coefficient (Wildman–Crippen LogP) is 0.159. The van der Waals surface area contributed by atoms with Crippen molar-refractivity contribution in [1.29, 1.82) is 0 Å². The maximum absolute atomic E-state index is 11.3. The number of carbonyl (C=O) groups excluding carboxylic acids is 1. The predicted molar refractivity (Wildman–Crippen MR) is 55.1 cm³/mol. The summed E-state index contributed by atoms with van der Waals surface area (Å²) in [5, 5.41) is 2.16. The van der Waals surface area contributed by atoms with Gasteiger partial charge in [-0.05, 0) is 17.7 Å². The topological polar surface area (TPSA) is 17.1 Å². The maximum Gasteiger partial charge on any atom is 1.00 e. The largest absolute Gasteiger partial charge is 1.00 e. The van der Waals surface area contributed by atoms with E-state index in [0.717, 1.165) is 16.3 Å². The molecule has 14 heavy (non-hydrogen) atoms. The minimum atomic E-state index is 0. The Hall–Kier alpha value is -0.630. The van der Waals surface area contributed by atoms with Crippen LogP contribution in [0.3, 0.4) is 0 Å². The van der Waals surface area contributed by atoms with E-state index in [2.05, 4.69) is 0 Å². The van der Waals surface area contributed by atoms with Crippen molar-refractivity contribution in [2.45, 2.75) is 6.92 Å². The summed E-state index contributed by atoms with van der Waals surface area (Å²) in [5.41, 5.74) is 0.804. The SMILES string of the molecule is CC(=O)c1cccc2ccccc12.[H-].[Na+]. The van der Waals surface area contributed by atoms with Crippen molar-refractivity contribution in [2.75, 3.05) is 0 Å². The van der Waals surface area contributed by atoms with Gasteiger partial charge in [0.2, 0.25) is 0 Å². The van der Waals surface area contributed by atoms with Crippen molar-refractivity contribution < 1.29 is 35.8 Å². The van der Waals surface area contributed by atoms with Gasteiger partial charge in [-0.2, -0.15) is 0 Å². The summed E-state index contributed by atoms with van der Waals surface area (Å²) in [6.45, 7) is 1.60. The fraction of sp³-hybridized carbons (Fsp3) is 0.0833. The zero-order valence-corrected chi connectivity index (χ0v) is 10.4. The number of ketones is 1. The smallest absolute Gasteiger partial charge is 1.00 e. The second-order valence-corrected chi connectivity index (χ2v) is 3.08. The molecule has 0 heterocycles. The summed E-state index contributed by atoms with van der Waals surface area (Å²) in [5.74, 6) is 0.122. The molecule has 2 heteroatoms. The molecule has 0 N–H and O–H groups in total. The molecular formula is C12H11NaO. The van der Waals surface area contributed by atoms with E-state index in [1.165, 1.54) is 0 Å². The Morgan fingerprint density at radius 1 is 1.07 bits per heavy atom. The average Bonchev–Trinajstić information content (AvgIpc) is 2.17. The Balaban J connectivity index is 0.000000980. The van der Waals surface area contributed by atoms with E-state index in [4.69, 9.17) is 0 Å². The molecule has 2 aromatic carbocycles. The Kier molecular flexibility index (Phi) is 3.87. The van der Waals surface area contributed by atoms with Crippen LogP contribution in [-0.4, -0.2) is 5.78 Å². The van der Waals surface area contributed by atoms with Crippen LogP contribution in [-0.2, 0) is 0 Å². The standard InChI is InChI=1S/C12H10O.Na.H/c1-9(13)11-8-4-6-10-5-2-3-7-12(10)11;;/h2-8H,1H3;;/q;+1;-1. The summed E-state index contributed by atoms with van der Waals surface area (Å²) >= 11 is 0. The number of benzene rings is 2. The van der Waals surface area contributed by atoms with E-state index in [9.17, 15) is 4.79 Å². The Labute approximate surface area is 107 Å². The van der Waals surface area contributed by atoms with Crippen LogP contribution in [0.1, 0.15) is 18.7 Å². The summed E-state index contributed by atoms with van der Waals surface area (Å²) in [7, 11) is 0. The van der Waals surface area contributed by atoms with E-state index in [0.29, 0.717) is 0 Å². The third-order valence-electron chi connectivity index (χ3n) is 2.17. The molecular weight excluding hydrogens is 183 g/mol. The van der Waals surface area contributed by atoms with Crippen LogP contribution < -0.4 is 29.6 Å². The molecule has 0 unspecified atom stereocenters. The molecule has 0 saturated heterocycles. The summed E-state index contributed by atoms with van der Waals surface area (Å²) in [6.07, 6.45) is 0. The number of fused-ring (bicyclic) bond motifs is 1. The van der Waals surface area contributed by atoms with Gasteiger partial charge in [-0.15, -0.1) is 0 Å². The molecule has 0 aromatic heterocycles. The molecule has 1 nitrogen and oxygen atoms in total. The number of rotatable bonds is 1. The van der Waals surface area contributed by atoms with E-state index in [1.807, 2.05) is 42.5 Å². The first-order chi connectivity index (χ1) is 6.29. The van der Waals surface area contributed by atoms with Gasteiger partial charge in [0.05, 0.1) is 0 Å². The Morgan fingerprint density at radius 2 is 1.71 bits per heavy atom. The van der Waals surface area contributed by atoms with Gasteiger partial charge in [-0.3, -0.25) is 4.79 Å². The second-order valence-electron chi connectivity index (χ2n) is 3.08. The number of hydrogen-bond donors (Lipinski definition) is 0. The molecule has 0 spiro atoms. The molecule has 0 bridgehead atoms. The number of Topliss-reactive ketones (excluding diaryl/α,β-unsaturated/α-hetero) is 1. The monoisotopic (exact) mass is 194 g/mol. The van der Waals surface area contributed by atoms with Crippen molar-refractivity contribution >= 4 is 16.6 Å². The first kappa shape index (κ1) is 11.4. The van der Waals surface area contributed by atoms with Gasteiger partial charge in [0.25, 0.3) is 0 Å². The van der Waals surface area contributed by atoms with Gasteiger partial charge < -0.3 is 1.43 Å². The maximum atomic E-state index is 11.3. The van der Waals surface area contributed by atoms with Crippen LogP contribution in [0.15, 0.2) is 42.5 Å². The van der Waals surface area contributed by atoms with Crippen molar-refractivity contribution in [3.63, 3.8) is 0 Å². The number of carbonyl (C=O) groups is 1. The van der Waals surface area contributed by atoms with E-state index >= 15 is 0 Å². The normalized spacial score (nSPS) is 9.50. The van der Waals surface area contributed by atoms with Crippen LogP contribution in [0.2, 0.25) is 0 Å². The molecule has 0 radical (unpaired) electrons. The van der Waals surface area contributed by atoms with Crippen LogP contribution in [0.25, 0.3) is 10.8 Å². The van der Waals surface area contributed by atoms with Crippen LogP contribution in [0, 0.1) is 0 Å². The van der Waals surface area contributed by atoms with Crippen molar-refractivity contribution in [3.8, 4) is 0 Å². The van der Waals surface area contributed by atoms with Crippen molar-refractivity contribution in [1.82, 2.24) is 0 Å². The van der Waals surface area contributed by atoms with E-state index in [1.54, 1.807) is 6.92 Å². The Bertz CT molecular complexity index is 463. The molecule has 0 aliphatic rings. The van der Waals surface area contributed by atoms with Gasteiger partial charge in [-0.25, -0.2) is 0 Å². The molecule has 0 amide bonds. The summed E-state index contributed by atoms with van der Waals surface area (Å²) in [4.78, 5) is 11.3. The van der Waals surface area contributed by atoms with Gasteiger partial charge in [0.1, 0.15) is 0 Å². The molecule has 2 aromatic rings. The van der Waals surface area contributed by atoms with Crippen LogP contribution in [0.4, 0.5) is 0 Å². The first-order valence-corrected chi connectivity index (χ1v) is 4.28. The summed E-state index contributed by atoms with van der Waals surface area (Å²) in [6, 6.07) is 13.7. The van der Waals surface area contributed by atoms with Crippen molar-refractivity contribution in [2.24, 2.45) is 0 Å². The fourth-order valence-corrected chi connectivity index (χ4v) is 1.53. The molecule has 66 valence electrons. The first-order valence-electron chi connectivity index (χ1n) is 4.28. The zero-order valence-electron chi connectivity index (χ0n) is 9.45. The second kappa shape index (κ2) is 4.74. The van der Waals surface area contributed by atoms with Crippen molar-refractivity contribution in [3.05, 3.63) is 48.0 Å². The average molecular weight is 194 g/mol. The molecule has 0 aliphatic heterocycles. The Morgan fingerprint density at radius 3 is 2.43 bits per heavy atom. The quantitative estimate of drug-likeness (QED) is 0.467. The molecule has 0 saturated carbocycles. The molecule has 0 fully saturated rings. The molecule has 0 atom stereocenters. The van der Waals surface area contributed by atoms with Crippen LogP contribution in [0.5, 0.6) is 0 Å². The van der Waals surface area contributed by atoms with Gasteiger partial charge in [-0.1, -0.05) is 42.5 Å². The number of hydrogen-bond acceptors (Lipinski definition) is 1. The fourth-order valence-electron chi connectivity index (χ4n) is 1.53. The minimum Gasteiger partial charge on any atom is -1.00 e. The van der Waals surface area contributed by atoms with E-state index < -0.39 is 0 Å². The minimum absolute atomic E-state index is 0. The van der Waals surface area contributed by atoms with Gasteiger partial charge in [0, 0.05) is 5.56 Å². The zero-order chi connectivity index (χ0) is 9.26. The third-order valence-corrected chi connectivity index (χ3v) is 2.17. The van der Waals surface area contributed by atoms with E-state index in [-0.39, 0.29) is 36.8 Å². The van der Waals surface area contributed by atoms with Gasteiger partial charge in [0.15, 0.2) is 5.78 Å².